The number of benzene rings is 1. The van der Waals surface area contributed by atoms with Crippen LogP contribution in [0.4, 0.5) is 9.18 Å². The van der Waals surface area contributed by atoms with E-state index in [0.29, 0.717) is 18.8 Å². The number of fused-ring (bicyclic) bond motifs is 3. The van der Waals surface area contributed by atoms with Gasteiger partial charge < -0.3 is 9.47 Å². The lowest BCUT2D eigenvalue weighted by atomic mass is 9.66. The van der Waals surface area contributed by atoms with Gasteiger partial charge in [0.25, 0.3) is 0 Å². The predicted molar refractivity (Wildman–Crippen MR) is 110 cm³/mol. The highest BCUT2D eigenvalue weighted by atomic mass is 19.1. The second-order valence-electron chi connectivity index (χ2n) is 10.0. The van der Waals surface area contributed by atoms with Crippen LogP contribution in [-0.2, 0) is 20.9 Å². The SMILES string of the molecule is CC(C)(C)OC(=O)N1[C@H]2CC[C@H]([C@@H](F)[C@H]2CC2CC2)[C@@H]1C(=O)OCc1ccccc1. The van der Waals surface area contributed by atoms with Crippen LogP contribution in [0.3, 0.4) is 0 Å². The van der Waals surface area contributed by atoms with E-state index in [9.17, 15) is 9.59 Å². The van der Waals surface area contributed by atoms with E-state index in [2.05, 4.69) is 0 Å². The number of carbonyl (C=O) groups excluding carboxylic acids is 2. The van der Waals surface area contributed by atoms with E-state index < -0.39 is 35.8 Å². The fourth-order valence-corrected chi connectivity index (χ4v) is 5.05. The average molecular weight is 418 g/mol. The zero-order valence-corrected chi connectivity index (χ0v) is 18.1. The average Bonchev–Trinajstić information content (AvgIpc) is 3.51. The molecule has 2 aliphatic heterocycles. The van der Waals surface area contributed by atoms with Gasteiger partial charge in [-0.25, -0.2) is 14.0 Å². The van der Waals surface area contributed by atoms with Gasteiger partial charge in [0, 0.05) is 17.9 Å². The Morgan fingerprint density at radius 3 is 2.43 bits per heavy atom. The molecule has 5 atom stereocenters. The molecule has 4 aliphatic rings. The Kier molecular flexibility index (Phi) is 5.78. The Hall–Kier alpha value is -2.11. The maximum absolute atomic E-state index is 15.5. The lowest BCUT2D eigenvalue weighted by molar-refractivity contribution is -0.170. The first-order valence-electron chi connectivity index (χ1n) is 11.1. The van der Waals surface area contributed by atoms with Crippen molar-refractivity contribution in [3.63, 3.8) is 0 Å². The highest BCUT2D eigenvalue weighted by Crippen LogP contribution is 2.50. The number of piperidine rings is 2. The summed E-state index contributed by atoms with van der Waals surface area (Å²) in [6.07, 6.45) is 2.74. The summed E-state index contributed by atoms with van der Waals surface area (Å²) in [5, 5.41) is 0. The minimum absolute atomic E-state index is 0.109. The first kappa shape index (κ1) is 21.1. The van der Waals surface area contributed by atoms with E-state index in [4.69, 9.17) is 9.47 Å². The third-order valence-electron chi connectivity index (χ3n) is 6.54. The van der Waals surface area contributed by atoms with E-state index in [0.717, 1.165) is 24.8 Å². The van der Waals surface area contributed by atoms with Gasteiger partial charge in [-0.05, 0) is 51.5 Å². The molecule has 6 heteroatoms. The van der Waals surface area contributed by atoms with Gasteiger partial charge in [-0.3, -0.25) is 4.90 Å². The summed E-state index contributed by atoms with van der Waals surface area (Å²) in [5.74, 6) is -0.736. The van der Waals surface area contributed by atoms with Crippen LogP contribution >= 0.6 is 0 Å². The van der Waals surface area contributed by atoms with Gasteiger partial charge in [0.15, 0.2) is 0 Å². The maximum Gasteiger partial charge on any atom is 0.411 e. The largest absolute Gasteiger partial charge is 0.459 e. The maximum atomic E-state index is 15.5. The zero-order valence-electron chi connectivity index (χ0n) is 18.1. The monoisotopic (exact) mass is 417 g/mol. The molecule has 30 heavy (non-hydrogen) atoms. The van der Waals surface area contributed by atoms with Crippen molar-refractivity contribution in [3.05, 3.63) is 35.9 Å². The molecule has 0 N–H and O–H groups in total. The topological polar surface area (TPSA) is 55.8 Å². The van der Waals surface area contributed by atoms with Gasteiger partial charge in [0.1, 0.15) is 24.4 Å². The Labute approximate surface area is 177 Å². The van der Waals surface area contributed by atoms with Crippen LogP contribution in [0.25, 0.3) is 0 Å². The van der Waals surface area contributed by atoms with E-state index in [1.807, 2.05) is 30.3 Å². The number of ether oxygens (including phenoxy) is 2. The number of nitrogens with zero attached hydrogens (tertiary/aromatic N) is 1. The van der Waals surface area contributed by atoms with Crippen molar-refractivity contribution in [2.75, 3.05) is 0 Å². The summed E-state index contributed by atoms with van der Waals surface area (Å²) in [6, 6.07) is 8.15. The van der Waals surface area contributed by atoms with Crippen LogP contribution in [0, 0.1) is 17.8 Å². The summed E-state index contributed by atoms with van der Waals surface area (Å²) in [5.41, 5.74) is 0.173. The van der Waals surface area contributed by atoms with E-state index in [1.165, 1.54) is 4.90 Å². The normalized spacial score (nSPS) is 30.8. The lowest BCUT2D eigenvalue weighted by Crippen LogP contribution is -2.68. The molecule has 0 radical (unpaired) electrons. The molecule has 5 rings (SSSR count). The van der Waals surface area contributed by atoms with Crippen molar-refractivity contribution in [2.24, 2.45) is 17.8 Å². The molecule has 1 aromatic rings. The summed E-state index contributed by atoms with van der Waals surface area (Å²) in [4.78, 5) is 27.7. The van der Waals surface area contributed by atoms with Gasteiger partial charge in [-0.15, -0.1) is 0 Å². The highest BCUT2D eigenvalue weighted by molar-refractivity contribution is 5.83. The summed E-state index contributed by atoms with van der Waals surface area (Å²) in [6.45, 7) is 5.51. The van der Waals surface area contributed by atoms with Crippen LogP contribution in [-0.4, -0.2) is 40.8 Å². The Morgan fingerprint density at radius 2 is 1.80 bits per heavy atom. The van der Waals surface area contributed by atoms with Crippen LogP contribution < -0.4 is 0 Å². The minimum Gasteiger partial charge on any atom is -0.459 e. The third-order valence-corrected chi connectivity index (χ3v) is 6.54. The summed E-state index contributed by atoms with van der Waals surface area (Å²) in [7, 11) is 0. The van der Waals surface area contributed by atoms with Crippen LogP contribution in [0.1, 0.15) is 58.4 Å². The number of halogens is 1. The molecule has 1 amide bonds. The van der Waals surface area contributed by atoms with Gasteiger partial charge in [0.2, 0.25) is 0 Å². The second-order valence-corrected chi connectivity index (χ2v) is 10.0. The number of hydrogen-bond donors (Lipinski definition) is 0. The van der Waals surface area contributed by atoms with Gasteiger partial charge in [-0.2, -0.15) is 0 Å². The molecule has 0 unspecified atom stereocenters. The molecule has 5 nitrogen and oxygen atoms in total. The van der Waals surface area contributed by atoms with E-state index in [-0.39, 0.29) is 18.6 Å². The molecule has 2 bridgehead atoms. The predicted octanol–water partition coefficient (Wildman–Crippen LogP) is 4.88. The fraction of sp³-hybridized carbons (Fsp3) is 0.667. The van der Waals surface area contributed by atoms with Crippen molar-refractivity contribution in [1.82, 2.24) is 4.90 Å². The van der Waals surface area contributed by atoms with Gasteiger partial charge >= 0.3 is 12.1 Å². The Bertz CT molecular complexity index is 773. The number of amides is 1. The van der Waals surface area contributed by atoms with Gasteiger partial charge in [0.05, 0.1) is 0 Å². The number of rotatable bonds is 5. The molecule has 0 spiro atoms. The smallest absolute Gasteiger partial charge is 0.411 e. The van der Waals surface area contributed by atoms with Crippen LogP contribution in [0.5, 0.6) is 0 Å². The molecule has 2 aliphatic carbocycles. The Balaban J connectivity index is 1.55. The van der Waals surface area contributed by atoms with Gasteiger partial charge in [-0.1, -0.05) is 43.2 Å². The lowest BCUT2D eigenvalue weighted by Gasteiger charge is -2.55. The number of hydrogen-bond acceptors (Lipinski definition) is 4. The molecule has 4 fully saturated rings. The zero-order chi connectivity index (χ0) is 21.5. The third kappa shape index (κ3) is 4.47. The number of esters is 1. The number of alkyl halides is 1. The molecule has 2 heterocycles. The van der Waals surface area contributed by atoms with Crippen LogP contribution in [0.15, 0.2) is 30.3 Å². The van der Waals surface area contributed by atoms with Crippen molar-refractivity contribution in [2.45, 2.75) is 83.3 Å². The fourth-order valence-electron chi connectivity index (χ4n) is 5.05. The molecule has 164 valence electrons. The van der Waals surface area contributed by atoms with Crippen LogP contribution in [0.2, 0.25) is 0 Å². The molecule has 1 aromatic carbocycles. The van der Waals surface area contributed by atoms with Crippen molar-refractivity contribution in [1.29, 1.82) is 0 Å². The molecular formula is C24H32FNO4. The highest BCUT2D eigenvalue weighted by Gasteiger charge is 2.59. The van der Waals surface area contributed by atoms with Crippen molar-refractivity contribution < 1.29 is 23.5 Å². The van der Waals surface area contributed by atoms with E-state index >= 15 is 4.39 Å². The van der Waals surface area contributed by atoms with Crippen molar-refractivity contribution >= 4 is 12.1 Å². The summed E-state index contributed by atoms with van der Waals surface area (Å²) < 4.78 is 26.7. The van der Waals surface area contributed by atoms with E-state index in [1.54, 1.807) is 20.8 Å². The quantitative estimate of drug-likeness (QED) is 0.641. The number of carbonyl (C=O) groups is 2. The molecule has 2 saturated carbocycles. The standard InChI is InChI=1S/C24H32FNO4/c1-24(2,3)30-23(28)26-19-12-11-17(20(25)18(19)13-15-9-10-15)21(26)22(27)29-14-16-7-5-4-6-8-16/h4-8,15,17-21H,9-14H2,1-3H3/t17-,18+,19+,20-,21-/m1/s1. The molecule has 2 saturated heterocycles. The minimum atomic E-state index is -1.09. The Morgan fingerprint density at radius 1 is 1.10 bits per heavy atom. The first-order chi connectivity index (χ1) is 14.2. The summed E-state index contributed by atoms with van der Waals surface area (Å²) >= 11 is 0. The van der Waals surface area contributed by atoms with Crippen molar-refractivity contribution in [3.8, 4) is 0 Å². The molecule has 0 aromatic heterocycles. The first-order valence-corrected chi connectivity index (χ1v) is 11.1. The second kappa shape index (κ2) is 8.20. The molecular weight excluding hydrogens is 385 g/mol.